The molecular formula is C10H11F4NO2S. The maximum absolute atomic E-state index is 12.6. The summed E-state index contributed by atoms with van der Waals surface area (Å²) >= 11 is 1.01. The van der Waals surface area contributed by atoms with Gasteiger partial charge in [-0.15, -0.1) is 11.3 Å². The van der Waals surface area contributed by atoms with Crippen molar-refractivity contribution in [2.24, 2.45) is 0 Å². The zero-order valence-corrected chi connectivity index (χ0v) is 10.2. The van der Waals surface area contributed by atoms with Gasteiger partial charge in [0, 0.05) is 11.4 Å². The number of rotatable bonds is 6. The van der Waals surface area contributed by atoms with Crippen LogP contribution in [0.2, 0.25) is 0 Å². The van der Waals surface area contributed by atoms with Crippen LogP contribution >= 0.6 is 11.3 Å². The summed E-state index contributed by atoms with van der Waals surface area (Å²) in [4.78, 5) is 11.4. The lowest BCUT2D eigenvalue weighted by Gasteiger charge is -2.15. The number of thiophene rings is 1. The van der Waals surface area contributed by atoms with E-state index in [1.807, 2.05) is 0 Å². The van der Waals surface area contributed by atoms with E-state index in [1.165, 1.54) is 6.07 Å². The first-order valence-corrected chi connectivity index (χ1v) is 5.75. The molecule has 2 N–H and O–H groups in total. The van der Waals surface area contributed by atoms with Gasteiger partial charge in [0.1, 0.15) is 4.88 Å². The maximum Gasteiger partial charge on any atom is 0.345 e. The number of nitrogens with one attached hydrogen (secondary N) is 1. The normalized spacial score (nSPS) is 12.1. The van der Waals surface area contributed by atoms with Crippen molar-refractivity contribution >= 4 is 17.3 Å². The van der Waals surface area contributed by atoms with Gasteiger partial charge < -0.3 is 10.4 Å². The fourth-order valence-electron chi connectivity index (χ4n) is 1.24. The lowest BCUT2D eigenvalue weighted by Crippen LogP contribution is -2.38. The number of halogens is 4. The van der Waals surface area contributed by atoms with Gasteiger partial charge in [-0.25, -0.2) is 13.6 Å². The Labute approximate surface area is 104 Å². The van der Waals surface area contributed by atoms with Crippen LogP contribution in [0.15, 0.2) is 6.07 Å². The third-order valence-electron chi connectivity index (χ3n) is 2.23. The molecule has 102 valence electrons. The van der Waals surface area contributed by atoms with Crippen LogP contribution in [0.5, 0.6) is 0 Å². The zero-order valence-electron chi connectivity index (χ0n) is 9.34. The zero-order chi connectivity index (χ0) is 13.9. The molecule has 0 bridgehead atoms. The van der Waals surface area contributed by atoms with Crippen molar-refractivity contribution < 1.29 is 27.5 Å². The predicted molar refractivity (Wildman–Crippen MR) is 58.7 cm³/mol. The van der Waals surface area contributed by atoms with Crippen LogP contribution in [0.1, 0.15) is 20.1 Å². The molecule has 1 aromatic rings. The van der Waals surface area contributed by atoms with Crippen molar-refractivity contribution in [3.8, 4) is 0 Å². The standard InChI is InChI=1S/C10H11F4NO2S/c1-5-6(2-7(18-5)8(16)17)3-15-4-10(13,14)9(11)12/h2,9,15H,3-4H2,1H3,(H,16,17). The van der Waals surface area contributed by atoms with Crippen molar-refractivity contribution in [2.75, 3.05) is 6.54 Å². The topological polar surface area (TPSA) is 49.3 Å². The molecule has 0 aromatic carbocycles. The smallest absolute Gasteiger partial charge is 0.345 e. The van der Waals surface area contributed by atoms with Gasteiger partial charge in [-0.3, -0.25) is 0 Å². The summed E-state index contributed by atoms with van der Waals surface area (Å²) < 4.78 is 48.9. The molecule has 0 aliphatic carbocycles. The van der Waals surface area contributed by atoms with Crippen LogP contribution in [0.4, 0.5) is 17.6 Å². The number of alkyl halides is 4. The Morgan fingerprint density at radius 2 is 2.17 bits per heavy atom. The van der Waals surface area contributed by atoms with E-state index in [-0.39, 0.29) is 11.4 Å². The lowest BCUT2D eigenvalue weighted by atomic mass is 10.2. The van der Waals surface area contributed by atoms with Crippen LogP contribution in [-0.2, 0) is 6.54 Å². The molecule has 0 aliphatic rings. The number of carboxylic acid groups (broad SMARTS) is 1. The molecule has 0 amide bonds. The highest BCUT2D eigenvalue weighted by atomic mass is 32.1. The summed E-state index contributed by atoms with van der Waals surface area (Å²) in [6, 6.07) is 1.34. The summed E-state index contributed by atoms with van der Waals surface area (Å²) in [5.74, 6) is -5.19. The number of carbonyl (C=O) groups is 1. The van der Waals surface area contributed by atoms with Gasteiger partial charge in [-0.05, 0) is 18.6 Å². The highest BCUT2D eigenvalue weighted by Gasteiger charge is 2.40. The summed E-state index contributed by atoms with van der Waals surface area (Å²) in [6.07, 6.45) is -3.72. The fraction of sp³-hybridized carbons (Fsp3) is 0.500. The van der Waals surface area contributed by atoms with Crippen LogP contribution in [0.25, 0.3) is 0 Å². The molecule has 0 fully saturated rings. The van der Waals surface area contributed by atoms with E-state index in [0.29, 0.717) is 10.4 Å². The summed E-state index contributed by atoms with van der Waals surface area (Å²) in [6.45, 7) is 0.416. The van der Waals surface area contributed by atoms with Crippen LogP contribution in [-0.4, -0.2) is 30.0 Å². The SMILES string of the molecule is Cc1sc(C(=O)O)cc1CNCC(F)(F)C(F)F. The first-order chi connectivity index (χ1) is 8.24. The second kappa shape index (κ2) is 5.66. The molecule has 0 unspecified atom stereocenters. The van der Waals surface area contributed by atoms with E-state index < -0.39 is 24.9 Å². The number of hydrogen-bond donors (Lipinski definition) is 2. The second-order valence-corrected chi connectivity index (χ2v) is 4.92. The minimum atomic E-state index is -4.08. The number of aryl methyl sites for hydroxylation is 1. The summed E-state index contributed by atoms with van der Waals surface area (Å²) in [5.41, 5.74) is 0.516. The van der Waals surface area contributed by atoms with Crippen molar-refractivity contribution in [3.05, 3.63) is 21.4 Å². The molecule has 0 aliphatic heterocycles. The van der Waals surface area contributed by atoms with Crippen molar-refractivity contribution in [1.82, 2.24) is 5.32 Å². The molecule has 1 rings (SSSR count). The van der Waals surface area contributed by atoms with Gasteiger partial charge in [0.2, 0.25) is 0 Å². The molecular weight excluding hydrogens is 274 g/mol. The second-order valence-electron chi connectivity index (χ2n) is 3.66. The summed E-state index contributed by atoms with van der Waals surface area (Å²) in [7, 11) is 0. The van der Waals surface area contributed by atoms with E-state index in [2.05, 4.69) is 5.32 Å². The Morgan fingerprint density at radius 1 is 1.56 bits per heavy atom. The predicted octanol–water partition coefficient (Wildman–Crippen LogP) is 2.74. The lowest BCUT2D eigenvalue weighted by molar-refractivity contribution is -0.125. The molecule has 1 aromatic heterocycles. The largest absolute Gasteiger partial charge is 0.477 e. The number of aromatic carboxylic acids is 1. The first kappa shape index (κ1) is 14.9. The average Bonchev–Trinajstić information content (AvgIpc) is 2.60. The quantitative estimate of drug-likeness (QED) is 0.790. The molecule has 0 atom stereocenters. The number of hydrogen-bond acceptors (Lipinski definition) is 3. The van der Waals surface area contributed by atoms with Crippen molar-refractivity contribution in [2.45, 2.75) is 25.8 Å². The van der Waals surface area contributed by atoms with E-state index in [4.69, 9.17) is 5.11 Å². The monoisotopic (exact) mass is 285 g/mol. The van der Waals surface area contributed by atoms with Gasteiger partial charge in [0.15, 0.2) is 0 Å². The Morgan fingerprint density at radius 3 is 2.61 bits per heavy atom. The molecule has 8 heteroatoms. The highest BCUT2D eigenvalue weighted by Crippen LogP contribution is 2.23. The molecule has 0 radical (unpaired) electrons. The van der Waals surface area contributed by atoms with E-state index in [0.717, 1.165) is 11.3 Å². The van der Waals surface area contributed by atoms with Gasteiger partial charge in [-0.2, -0.15) is 8.78 Å². The molecule has 18 heavy (non-hydrogen) atoms. The van der Waals surface area contributed by atoms with Gasteiger partial charge in [-0.1, -0.05) is 0 Å². The van der Waals surface area contributed by atoms with Gasteiger partial charge in [0.25, 0.3) is 0 Å². The number of carboxylic acids is 1. The third kappa shape index (κ3) is 3.67. The minimum Gasteiger partial charge on any atom is -0.477 e. The van der Waals surface area contributed by atoms with Crippen molar-refractivity contribution in [1.29, 1.82) is 0 Å². The summed E-state index contributed by atoms with van der Waals surface area (Å²) in [5, 5.41) is 10.9. The molecule has 0 saturated heterocycles. The van der Waals surface area contributed by atoms with Crippen molar-refractivity contribution in [3.63, 3.8) is 0 Å². The molecule has 3 nitrogen and oxygen atoms in total. The first-order valence-electron chi connectivity index (χ1n) is 4.93. The Balaban J connectivity index is 2.57. The van der Waals surface area contributed by atoms with E-state index in [9.17, 15) is 22.4 Å². The van der Waals surface area contributed by atoms with Crippen LogP contribution in [0.3, 0.4) is 0 Å². The van der Waals surface area contributed by atoms with Gasteiger partial charge in [0.05, 0.1) is 6.54 Å². The Bertz CT molecular complexity index is 434. The Kier molecular flexibility index (Phi) is 4.69. The molecule has 0 saturated carbocycles. The average molecular weight is 285 g/mol. The maximum atomic E-state index is 12.6. The highest BCUT2D eigenvalue weighted by molar-refractivity contribution is 7.14. The van der Waals surface area contributed by atoms with Crippen LogP contribution < -0.4 is 5.32 Å². The van der Waals surface area contributed by atoms with E-state index in [1.54, 1.807) is 6.92 Å². The fourth-order valence-corrected chi connectivity index (χ4v) is 2.12. The molecule has 0 spiro atoms. The minimum absolute atomic E-state index is 0.0715. The molecule has 1 heterocycles. The Hall–Kier alpha value is -1.15. The van der Waals surface area contributed by atoms with Crippen LogP contribution in [0, 0.1) is 6.92 Å². The third-order valence-corrected chi connectivity index (χ3v) is 3.31. The van der Waals surface area contributed by atoms with E-state index >= 15 is 0 Å². The van der Waals surface area contributed by atoms with Gasteiger partial charge >= 0.3 is 18.3 Å².